The molecule has 0 amide bonds. The molecule has 0 saturated heterocycles. The third-order valence-corrected chi connectivity index (χ3v) is 4.86. The minimum Gasteiger partial charge on any atom is -0.229 e. The molecule has 30 heavy (non-hydrogen) atoms. The molecule has 0 unspecified atom stereocenters. The summed E-state index contributed by atoms with van der Waals surface area (Å²) >= 11 is 0. The van der Waals surface area contributed by atoms with E-state index in [2.05, 4.69) is 48.5 Å². The van der Waals surface area contributed by atoms with E-state index in [0.717, 1.165) is 38.9 Å². The maximum atomic E-state index is 5.06. The summed E-state index contributed by atoms with van der Waals surface area (Å²) in [5, 5.41) is 7.21. The molecule has 0 aliphatic rings. The molecule has 1 heterocycles. The number of rotatable bonds is 3. The molecule has 0 atom stereocenters. The van der Waals surface area contributed by atoms with E-state index in [1.54, 1.807) is 0 Å². The summed E-state index contributed by atoms with van der Waals surface area (Å²) < 4.78 is 1.94. The summed E-state index contributed by atoms with van der Waals surface area (Å²) in [6.45, 7) is 0. The molecule has 0 N–H and O–H groups in total. The van der Waals surface area contributed by atoms with E-state index in [0.29, 0.717) is 0 Å². The van der Waals surface area contributed by atoms with Crippen molar-refractivity contribution < 1.29 is 0 Å². The van der Waals surface area contributed by atoms with Crippen LogP contribution in [0.1, 0.15) is 0 Å². The van der Waals surface area contributed by atoms with E-state index in [1.165, 1.54) is 0 Å². The SMILES string of the molecule is Cl.c1ccc(N=c2c3ccccc3c(-c3ccccc3)nn2-c2ccccc2)cc1. The van der Waals surface area contributed by atoms with Crippen LogP contribution in [0.2, 0.25) is 0 Å². The van der Waals surface area contributed by atoms with Gasteiger partial charge in [-0.1, -0.05) is 91.0 Å². The van der Waals surface area contributed by atoms with Gasteiger partial charge < -0.3 is 0 Å². The average Bonchev–Trinajstić information content (AvgIpc) is 2.81. The Morgan fingerprint density at radius 3 is 1.77 bits per heavy atom. The van der Waals surface area contributed by atoms with Crippen LogP contribution in [0.25, 0.3) is 27.7 Å². The van der Waals surface area contributed by atoms with Gasteiger partial charge in [0.05, 0.1) is 17.1 Å². The highest BCUT2D eigenvalue weighted by Crippen LogP contribution is 2.25. The molecule has 0 radical (unpaired) electrons. The van der Waals surface area contributed by atoms with E-state index >= 15 is 0 Å². The third kappa shape index (κ3) is 3.76. The average molecular weight is 410 g/mol. The minimum atomic E-state index is 0. The zero-order chi connectivity index (χ0) is 19.5. The van der Waals surface area contributed by atoms with Crippen molar-refractivity contribution in [3.05, 3.63) is 121 Å². The van der Waals surface area contributed by atoms with Crippen LogP contribution >= 0.6 is 12.4 Å². The van der Waals surface area contributed by atoms with Crippen molar-refractivity contribution in [3.8, 4) is 16.9 Å². The fraction of sp³-hybridized carbons (Fsp3) is 0. The zero-order valence-electron chi connectivity index (χ0n) is 16.2. The Bertz CT molecular complexity index is 1330. The van der Waals surface area contributed by atoms with Crippen LogP contribution in [-0.4, -0.2) is 9.78 Å². The van der Waals surface area contributed by atoms with Gasteiger partial charge in [-0.05, 0) is 24.3 Å². The van der Waals surface area contributed by atoms with Crippen LogP contribution in [0.4, 0.5) is 5.69 Å². The smallest absolute Gasteiger partial charge is 0.162 e. The van der Waals surface area contributed by atoms with Gasteiger partial charge in [0, 0.05) is 16.3 Å². The first kappa shape index (κ1) is 19.6. The van der Waals surface area contributed by atoms with Gasteiger partial charge in [0.25, 0.3) is 0 Å². The Kier molecular flexibility index (Phi) is 5.73. The first-order chi connectivity index (χ1) is 14.4. The number of fused-ring (bicyclic) bond motifs is 1. The van der Waals surface area contributed by atoms with Crippen LogP contribution in [0, 0.1) is 0 Å². The van der Waals surface area contributed by atoms with Crippen molar-refractivity contribution in [1.29, 1.82) is 0 Å². The monoisotopic (exact) mass is 409 g/mol. The molecule has 1 aromatic heterocycles. The Balaban J connectivity index is 0.00000218. The summed E-state index contributed by atoms with van der Waals surface area (Å²) in [5.74, 6) is 0. The fourth-order valence-corrected chi connectivity index (χ4v) is 3.49. The maximum absolute atomic E-state index is 5.06. The molecule has 0 bridgehead atoms. The number of hydrogen-bond donors (Lipinski definition) is 0. The number of para-hydroxylation sites is 2. The van der Waals surface area contributed by atoms with Gasteiger partial charge in [0.15, 0.2) is 5.49 Å². The topological polar surface area (TPSA) is 30.2 Å². The highest BCUT2D eigenvalue weighted by molar-refractivity contribution is 5.93. The van der Waals surface area contributed by atoms with Crippen LogP contribution in [0.3, 0.4) is 0 Å². The van der Waals surface area contributed by atoms with Crippen LogP contribution in [0.15, 0.2) is 120 Å². The number of halogens is 1. The third-order valence-electron chi connectivity index (χ3n) is 4.86. The molecular weight excluding hydrogens is 390 g/mol. The molecule has 4 aromatic carbocycles. The second-order valence-electron chi connectivity index (χ2n) is 6.78. The molecule has 0 spiro atoms. The second kappa shape index (κ2) is 8.76. The number of benzene rings is 4. The Hall–Kier alpha value is -3.69. The predicted molar refractivity (Wildman–Crippen MR) is 125 cm³/mol. The van der Waals surface area contributed by atoms with Crippen LogP contribution in [0.5, 0.6) is 0 Å². The summed E-state index contributed by atoms with van der Waals surface area (Å²) in [6.07, 6.45) is 0. The normalized spacial score (nSPS) is 11.3. The zero-order valence-corrected chi connectivity index (χ0v) is 17.0. The lowest BCUT2D eigenvalue weighted by molar-refractivity contribution is 0.807. The van der Waals surface area contributed by atoms with E-state index in [-0.39, 0.29) is 12.4 Å². The number of nitrogens with zero attached hydrogens (tertiary/aromatic N) is 3. The highest BCUT2D eigenvalue weighted by atomic mass is 35.5. The van der Waals surface area contributed by atoms with Crippen molar-refractivity contribution in [3.63, 3.8) is 0 Å². The summed E-state index contributed by atoms with van der Waals surface area (Å²) in [5.41, 5.74) is 4.72. The second-order valence-corrected chi connectivity index (χ2v) is 6.78. The van der Waals surface area contributed by atoms with Gasteiger partial charge in [-0.15, -0.1) is 12.4 Å². The molecule has 0 saturated carbocycles. The van der Waals surface area contributed by atoms with Gasteiger partial charge in [-0.3, -0.25) is 0 Å². The summed E-state index contributed by atoms with van der Waals surface area (Å²) in [4.78, 5) is 4.98. The molecular formula is C26H20ClN3. The van der Waals surface area contributed by atoms with E-state index in [1.807, 2.05) is 71.4 Å². The van der Waals surface area contributed by atoms with Gasteiger partial charge in [-0.25, -0.2) is 9.67 Å². The summed E-state index contributed by atoms with van der Waals surface area (Å²) in [6, 6.07) is 38.8. The highest BCUT2D eigenvalue weighted by Gasteiger charge is 2.12. The van der Waals surface area contributed by atoms with Crippen LogP contribution in [-0.2, 0) is 0 Å². The van der Waals surface area contributed by atoms with Crippen molar-refractivity contribution >= 4 is 28.9 Å². The quantitative estimate of drug-likeness (QED) is 0.341. The lowest BCUT2D eigenvalue weighted by Gasteiger charge is -2.13. The lowest BCUT2D eigenvalue weighted by Crippen LogP contribution is -2.23. The van der Waals surface area contributed by atoms with E-state index in [4.69, 9.17) is 10.1 Å². The summed E-state index contributed by atoms with van der Waals surface area (Å²) in [7, 11) is 0. The first-order valence-corrected chi connectivity index (χ1v) is 9.63. The molecule has 0 aliphatic heterocycles. The molecule has 146 valence electrons. The standard InChI is InChI=1S/C26H19N3.ClH/c1-4-12-20(13-5-1)25-23-18-10-11-19-24(23)26(27-21-14-6-2-7-15-21)29(28-25)22-16-8-3-9-17-22;/h1-19H;1H. The first-order valence-electron chi connectivity index (χ1n) is 9.63. The predicted octanol–water partition coefficient (Wildman–Crippen LogP) is 6.35. The number of aromatic nitrogens is 2. The molecule has 5 aromatic rings. The number of hydrogen-bond acceptors (Lipinski definition) is 2. The lowest BCUT2D eigenvalue weighted by atomic mass is 10.0. The van der Waals surface area contributed by atoms with E-state index in [9.17, 15) is 0 Å². The minimum absolute atomic E-state index is 0. The van der Waals surface area contributed by atoms with Gasteiger partial charge in [0.2, 0.25) is 0 Å². The Morgan fingerprint density at radius 2 is 1.10 bits per heavy atom. The van der Waals surface area contributed by atoms with Crippen molar-refractivity contribution in [1.82, 2.24) is 9.78 Å². The molecule has 0 fully saturated rings. The molecule has 5 rings (SSSR count). The molecule has 4 heteroatoms. The fourth-order valence-electron chi connectivity index (χ4n) is 3.49. The maximum Gasteiger partial charge on any atom is 0.162 e. The molecule has 0 aliphatic carbocycles. The Labute approximate surface area is 181 Å². The van der Waals surface area contributed by atoms with Gasteiger partial charge in [-0.2, -0.15) is 5.10 Å². The van der Waals surface area contributed by atoms with Gasteiger partial charge in [0.1, 0.15) is 0 Å². The van der Waals surface area contributed by atoms with Crippen molar-refractivity contribution in [2.24, 2.45) is 4.99 Å². The van der Waals surface area contributed by atoms with Gasteiger partial charge >= 0.3 is 0 Å². The van der Waals surface area contributed by atoms with Crippen molar-refractivity contribution in [2.75, 3.05) is 0 Å². The van der Waals surface area contributed by atoms with Crippen molar-refractivity contribution in [2.45, 2.75) is 0 Å². The Morgan fingerprint density at radius 1 is 0.567 bits per heavy atom. The molecule has 3 nitrogen and oxygen atoms in total. The largest absolute Gasteiger partial charge is 0.229 e. The van der Waals surface area contributed by atoms with E-state index < -0.39 is 0 Å². The van der Waals surface area contributed by atoms with Crippen LogP contribution < -0.4 is 5.49 Å².